The van der Waals surface area contributed by atoms with Crippen molar-refractivity contribution in [2.24, 2.45) is 0 Å². The molecule has 2 N–H and O–H groups in total. The number of rotatable bonds is 5. The number of benzene rings is 1. The van der Waals surface area contributed by atoms with Crippen LogP contribution in [0.25, 0.3) is 10.9 Å². The minimum absolute atomic E-state index is 0.0448. The maximum Gasteiger partial charge on any atom is 0.319 e. The zero-order chi connectivity index (χ0) is 17.8. The summed E-state index contributed by atoms with van der Waals surface area (Å²) in [6.07, 6.45) is 3.63. The van der Waals surface area contributed by atoms with Crippen molar-refractivity contribution in [3.63, 3.8) is 0 Å². The molecule has 0 atom stereocenters. The number of piperidine rings is 1. The summed E-state index contributed by atoms with van der Waals surface area (Å²) in [5, 5.41) is 3.92. The lowest BCUT2D eigenvalue weighted by atomic mass is 10.0. The van der Waals surface area contributed by atoms with Crippen molar-refractivity contribution >= 4 is 22.8 Å². The van der Waals surface area contributed by atoms with Crippen LogP contribution in [0.4, 0.5) is 4.39 Å². The lowest BCUT2D eigenvalue weighted by Crippen LogP contribution is -2.46. The second-order valence-corrected chi connectivity index (χ2v) is 6.37. The highest BCUT2D eigenvalue weighted by Gasteiger charge is 2.22. The maximum absolute atomic E-state index is 13.2. The van der Waals surface area contributed by atoms with Gasteiger partial charge in [-0.05, 0) is 36.6 Å². The van der Waals surface area contributed by atoms with E-state index in [1.165, 1.54) is 19.2 Å². The van der Waals surface area contributed by atoms with Gasteiger partial charge in [0.1, 0.15) is 5.82 Å². The van der Waals surface area contributed by atoms with Crippen molar-refractivity contribution in [1.29, 1.82) is 0 Å². The normalized spacial score (nSPS) is 16.1. The summed E-state index contributed by atoms with van der Waals surface area (Å²) in [4.78, 5) is 28.6. The van der Waals surface area contributed by atoms with Gasteiger partial charge < -0.3 is 15.0 Å². The summed E-state index contributed by atoms with van der Waals surface area (Å²) < 4.78 is 17.9. The van der Waals surface area contributed by atoms with Crippen LogP contribution in [-0.4, -0.2) is 54.5 Å². The number of aromatic amines is 1. The third-order valence-corrected chi connectivity index (χ3v) is 4.61. The lowest BCUT2D eigenvalue weighted by molar-refractivity contribution is -0.142. The molecule has 0 bridgehead atoms. The van der Waals surface area contributed by atoms with Crippen molar-refractivity contribution in [3.8, 4) is 0 Å². The van der Waals surface area contributed by atoms with Crippen LogP contribution in [0, 0.1) is 5.82 Å². The Hall–Kier alpha value is -2.41. The van der Waals surface area contributed by atoms with Gasteiger partial charge in [-0.3, -0.25) is 14.5 Å². The molecule has 0 spiro atoms. The molecule has 0 unspecified atom stereocenters. The Balaban J connectivity index is 1.50. The summed E-state index contributed by atoms with van der Waals surface area (Å²) in [6.45, 7) is 1.81. The smallest absolute Gasteiger partial charge is 0.319 e. The topological polar surface area (TPSA) is 74.4 Å². The number of ether oxygens (including phenoxy) is 1. The van der Waals surface area contributed by atoms with Crippen LogP contribution >= 0.6 is 0 Å². The second-order valence-electron chi connectivity index (χ2n) is 6.37. The molecule has 0 radical (unpaired) electrons. The van der Waals surface area contributed by atoms with Gasteiger partial charge in [0, 0.05) is 36.2 Å². The summed E-state index contributed by atoms with van der Waals surface area (Å²) in [6, 6.07) is 4.63. The number of hydrogen-bond donors (Lipinski definition) is 2. The molecule has 1 aliphatic heterocycles. The SMILES string of the molecule is COC(=O)CN1CCC(NC(=O)Cc2c[nH]c3cc(F)ccc23)CC1. The number of esters is 1. The van der Waals surface area contributed by atoms with Crippen LogP contribution < -0.4 is 5.32 Å². The van der Waals surface area contributed by atoms with Gasteiger partial charge in [0.15, 0.2) is 0 Å². The van der Waals surface area contributed by atoms with Crippen molar-refractivity contribution in [2.75, 3.05) is 26.7 Å². The largest absolute Gasteiger partial charge is 0.468 e. The van der Waals surface area contributed by atoms with Gasteiger partial charge in [-0.2, -0.15) is 0 Å². The zero-order valence-corrected chi connectivity index (χ0v) is 14.2. The number of amides is 1. The molecule has 1 aliphatic rings. The number of nitrogens with one attached hydrogen (secondary N) is 2. The molecule has 2 aromatic rings. The summed E-state index contributed by atoms with van der Waals surface area (Å²) >= 11 is 0. The van der Waals surface area contributed by atoms with Gasteiger partial charge in [-0.1, -0.05) is 0 Å². The first-order valence-electron chi connectivity index (χ1n) is 8.39. The molecule has 6 nitrogen and oxygen atoms in total. The molecule has 25 heavy (non-hydrogen) atoms. The van der Waals surface area contributed by atoms with E-state index in [4.69, 9.17) is 0 Å². The fourth-order valence-electron chi connectivity index (χ4n) is 3.24. The number of fused-ring (bicyclic) bond motifs is 1. The molecular formula is C18H22FN3O3. The van der Waals surface area contributed by atoms with E-state index in [0.29, 0.717) is 12.1 Å². The molecule has 134 valence electrons. The fourth-order valence-corrected chi connectivity index (χ4v) is 3.24. The molecule has 1 fully saturated rings. The first kappa shape index (κ1) is 17.4. The van der Waals surface area contributed by atoms with Gasteiger partial charge in [0.2, 0.25) is 5.91 Å². The lowest BCUT2D eigenvalue weighted by Gasteiger charge is -2.31. The van der Waals surface area contributed by atoms with Gasteiger partial charge in [-0.25, -0.2) is 4.39 Å². The van der Waals surface area contributed by atoms with Crippen molar-refractivity contribution in [1.82, 2.24) is 15.2 Å². The van der Waals surface area contributed by atoms with Crippen molar-refractivity contribution in [2.45, 2.75) is 25.3 Å². The van der Waals surface area contributed by atoms with E-state index < -0.39 is 0 Å². The van der Waals surface area contributed by atoms with E-state index in [2.05, 4.69) is 15.0 Å². The highest BCUT2D eigenvalue weighted by atomic mass is 19.1. The summed E-state index contributed by atoms with van der Waals surface area (Å²) in [5.74, 6) is -0.584. The van der Waals surface area contributed by atoms with Crippen LogP contribution in [0.1, 0.15) is 18.4 Å². The second kappa shape index (κ2) is 7.65. The fraction of sp³-hybridized carbons (Fsp3) is 0.444. The molecule has 0 saturated carbocycles. The van der Waals surface area contributed by atoms with Gasteiger partial charge >= 0.3 is 5.97 Å². The Bertz CT molecular complexity index is 766. The minimum Gasteiger partial charge on any atom is -0.468 e. The Kier molecular flexibility index (Phi) is 5.33. The highest BCUT2D eigenvalue weighted by Crippen LogP contribution is 2.20. The van der Waals surface area contributed by atoms with Crippen LogP contribution in [0.15, 0.2) is 24.4 Å². The number of nitrogens with zero attached hydrogens (tertiary/aromatic N) is 1. The van der Waals surface area contributed by atoms with Crippen LogP contribution in [-0.2, 0) is 20.7 Å². The van der Waals surface area contributed by atoms with E-state index in [0.717, 1.165) is 36.9 Å². The molecule has 2 heterocycles. The number of carbonyl (C=O) groups is 2. The number of H-pyrrole nitrogens is 1. The third kappa shape index (κ3) is 4.36. The molecule has 0 aliphatic carbocycles. The molecule has 1 amide bonds. The number of likely N-dealkylation sites (tertiary alicyclic amines) is 1. The Labute approximate surface area is 145 Å². The predicted molar refractivity (Wildman–Crippen MR) is 91.6 cm³/mol. The predicted octanol–water partition coefficient (Wildman–Crippen LogP) is 1.60. The standard InChI is InChI=1S/C18H22FN3O3/c1-25-18(24)11-22-6-4-14(5-7-22)21-17(23)8-12-10-20-16-9-13(19)2-3-15(12)16/h2-3,9-10,14,20H,4-8,11H2,1H3,(H,21,23). The van der Waals surface area contributed by atoms with Crippen molar-refractivity contribution in [3.05, 3.63) is 35.8 Å². The average molecular weight is 347 g/mol. The minimum atomic E-state index is -0.302. The summed E-state index contributed by atoms with van der Waals surface area (Å²) in [7, 11) is 1.38. The van der Waals surface area contributed by atoms with Gasteiger partial charge in [0.05, 0.1) is 20.1 Å². The number of carbonyl (C=O) groups excluding carboxylic acids is 2. The molecule has 1 aromatic heterocycles. The van der Waals surface area contributed by atoms with Gasteiger partial charge in [-0.15, -0.1) is 0 Å². The Morgan fingerprint density at radius 3 is 2.84 bits per heavy atom. The molecule has 1 saturated heterocycles. The maximum atomic E-state index is 13.2. The summed E-state index contributed by atoms with van der Waals surface area (Å²) in [5.41, 5.74) is 1.55. The molecular weight excluding hydrogens is 325 g/mol. The molecule has 7 heteroatoms. The Morgan fingerprint density at radius 2 is 2.12 bits per heavy atom. The number of methoxy groups -OCH3 is 1. The molecule has 3 rings (SSSR count). The van der Waals surface area contributed by atoms with Gasteiger partial charge in [0.25, 0.3) is 0 Å². The van der Waals surface area contributed by atoms with Crippen molar-refractivity contribution < 1.29 is 18.7 Å². The number of halogens is 1. The third-order valence-electron chi connectivity index (χ3n) is 4.61. The van der Waals surface area contributed by atoms with Crippen LogP contribution in [0.3, 0.4) is 0 Å². The first-order chi connectivity index (χ1) is 12.0. The first-order valence-corrected chi connectivity index (χ1v) is 8.39. The van der Waals surface area contributed by atoms with E-state index >= 15 is 0 Å². The number of hydrogen-bond acceptors (Lipinski definition) is 4. The highest BCUT2D eigenvalue weighted by molar-refractivity contribution is 5.89. The van der Waals surface area contributed by atoms with E-state index in [9.17, 15) is 14.0 Å². The zero-order valence-electron chi connectivity index (χ0n) is 14.2. The van der Waals surface area contributed by atoms with Crippen LogP contribution in [0.5, 0.6) is 0 Å². The Morgan fingerprint density at radius 1 is 1.36 bits per heavy atom. The van der Waals surface area contributed by atoms with E-state index in [-0.39, 0.29) is 30.2 Å². The van der Waals surface area contributed by atoms with Crippen LogP contribution in [0.2, 0.25) is 0 Å². The monoisotopic (exact) mass is 347 g/mol. The van der Waals surface area contributed by atoms with E-state index in [1.54, 1.807) is 12.3 Å². The molecule has 1 aromatic carbocycles. The number of aromatic nitrogens is 1. The van der Waals surface area contributed by atoms with E-state index in [1.807, 2.05) is 4.90 Å². The average Bonchev–Trinajstić information content (AvgIpc) is 2.98. The quantitative estimate of drug-likeness (QED) is 0.806.